The van der Waals surface area contributed by atoms with Crippen molar-refractivity contribution in [1.29, 1.82) is 0 Å². The Morgan fingerprint density at radius 2 is 1.82 bits per heavy atom. The van der Waals surface area contributed by atoms with Crippen LogP contribution in [0.25, 0.3) is 0 Å². The summed E-state index contributed by atoms with van der Waals surface area (Å²) in [6, 6.07) is 16.3. The molecule has 0 aliphatic heterocycles. The third-order valence-corrected chi connectivity index (χ3v) is 5.58. The minimum absolute atomic E-state index is 0.0431. The molecule has 2 aromatic carbocycles. The predicted octanol–water partition coefficient (Wildman–Crippen LogP) is 2.69. The van der Waals surface area contributed by atoms with Crippen LogP contribution < -0.4 is 27.2 Å². The number of benzene rings is 2. The van der Waals surface area contributed by atoms with Crippen LogP contribution in [-0.2, 0) is 16.1 Å². The van der Waals surface area contributed by atoms with Gasteiger partial charge >= 0.3 is 5.69 Å². The van der Waals surface area contributed by atoms with Gasteiger partial charge in [0.2, 0.25) is 5.91 Å². The van der Waals surface area contributed by atoms with Crippen molar-refractivity contribution in [3.05, 3.63) is 86.0 Å². The summed E-state index contributed by atoms with van der Waals surface area (Å²) in [5.74, 6) is -0.223. The highest BCUT2D eigenvalue weighted by molar-refractivity contribution is 6.33. The van der Waals surface area contributed by atoms with Gasteiger partial charge in [0, 0.05) is 33.2 Å². The van der Waals surface area contributed by atoms with E-state index >= 15 is 0 Å². The van der Waals surface area contributed by atoms with Gasteiger partial charge in [0.15, 0.2) is 0 Å². The number of carbonyl (C=O) groups excluding carboxylic acids is 1. The van der Waals surface area contributed by atoms with Crippen LogP contribution in [0.3, 0.4) is 0 Å². The number of nitrogens with one attached hydrogen (secondary N) is 2. The zero-order valence-corrected chi connectivity index (χ0v) is 19.7. The molecular formula is C24H28ClN5O4. The van der Waals surface area contributed by atoms with E-state index in [9.17, 15) is 14.4 Å². The Balaban J connectivity index is 1.85. The highest BCUT2D eigenvalue weighted by Gasteiger charge is 2.20. The van der Waals surface area contributed by atoms with Gasteiger partial charge in [-0.3, -0.25) is 19.1 Å². The van der Waals surface area contributed by atoms with Crippen LogP contribution in [0.4, 0.5) is 17.2 Å². The molecule has 0 aliphatic rings. The molecule has 0 saturated heterocycles. The lowest BCUT2D eigenvalue weighted by Crippen LogP contribution is -2.40. The Labute approximate surface area is 202 Å². The standard InChI is InChI=1S/C24H28ClN5O4/c1-34-15-7-13-29(14-12-20(31)27-19-11-6-5-10-18(19)25)21-22(26)30(24(33)28-23(21)32)16-17-8-3-2-4-9-17/h2-6,8-11H,7,12-16,26H2,1H3,(H,27,31)(H,28,32,33). The van der Waals surface area contributed by atoms with E-state index in [0.29, 0.717) is 30.3 Å². The van der Waals surface area contributed by atoms with Crippen LogP contribution >= 0.6 is 11.6 Å². The number of aromatic amines is 1. The number of anilines is 3. The van der Waals surface area contributed by atoms with Gasteiger partial charge in [0.25, 0.3) is 5.56 Å². The van der Waals surface area contributed by atoms with Crippen LogP contribution in [0.2, 0.25) is 5.02 Å². The van der Waals surface area contributed by atoms with Crippen LogP contribution in [-0.4, -0.2) is 42.3 Å². The van der Waals surface area contributed by atoms with Crippen LogP contribution in [0.15, 0.2) is 64.2 Å². The minimum Gasteiger partial charge on any atom is -0.385 e. The molecule has 0 fully saturated rings. The molecule has 34 heavy (non-hydrogen) atoms. The van der Waals surface area contributed by atoms with Gasteiger partial charge in [-0.2, -0.15) is 0 Å². The number of ether oxygens (including phenoxy) is 1. The summed E-state index contributed by atoms with van der Waals surface area (Å²) in [5.41, 5.74) is 6.66. The first-order chi connectivity index (χ1) is 16.4. The van der Waals surface area contributed by atoms with Gasteiger partial charge in [-0.05, 0) is 24.1 Å². The van der Waals surface area contributed by atoms with E-state index in [4.69, 9.17) is 22.1 Å². The van der Waals surface area contributed by atoms with Gasteiger partial charge in [-0.1, -0.05) is 54.1 Å². The lowest BCUT2D eigenvalue weighted by Gasteiger charge is -2.26. The number of carbonyl (C=O) groups is 1. The fourth-order valence-electron chi connectivity index (χ4n) is 3.55. The summed E-state index contributed by atoms with van der Waals surface area (Å²) in [5, 5.41) is 3.20. The molecule has 10 heteroatoms. The van der Waals surface area contributed by atoms with Crippen molar-refractivity contribution >= 4 is 34.7 Å². The monoisotopic (exact) mass is 485 g/mol. The van der Waals surface area contributed by atoms with Gasteiger partial charge in [0.05, 0.1) is 17.3 Å². The maximum atomic E-state index is 12.8. The number of halogens is 1. The zero-order chi connectivity index (χ0) is 24.5. The average Bonchev–Trinajstić information content (AvgIpc) is 2.82. The molecule has 0 saturated carbocycles. The van der Waals surface area contributed by atoms with Crippen molar-refractivity contribution in [2.24, 2.45) is 0 Å². The molecule has 1 heterocycles. The molecule has 0 radical (unpaired) electrons. The first-order valence-corrected chi connectivity index (χ1v) is 11.2. The van der Waals surface area contributed by atoms with E-state index in [1.807, 2.05) is 30.3 Å². The van der Waals surface area contributed by atoms with Crippen LogP contribution in [0.1, 0.15) is 18.4 Å². The summed E-state index contributed by atoms with van der Waals surface area (Å²) in [6.07, 6.45) is 0.675. The number of nitrogens with two attached hydrogens (primary N) is 1. The number of methoxy groups -OCH3 is 1. The second-order valence-electron chi connectivity index (χ2n) is 7.68. The van der Waals surface area contributed by atoms with Crippen LogP contribution in [0.5, 0.6) is 0 Å². The lowest BCUT2D eigenvalue weighted by atomic mass is 10.2. The summed E-state index contributed by atoms with van der Waals surface area (Å²) in [7, 11) is 1.59. The molecule has 0 spiro atoms. The molecule has 0 atom stereocenters. The molecule has 3 rings (SSSR count). The van der Waals surface area contributed by atoms with Crippen molar-refractivity contribution in [2.45, 2.75) is 19.4 Å². The Morgan fingerprint density at radius 3 is 2.53 bits per heavy atom. The zero-order valence-electron chi connectivity index (χ0n) is 18.9. The maximum absolute atomic E-state index is 12.8. The number of hydrogen-bond acceptors (Lipinski definition) is 6. The maximum Gasteiger partial charge on any atom is 0.330 e. The topological polar surface area (TPSA) is 122 Å². The number of para-hydroxylation sites is 1. The molecule has 0 unspecified atom stereocenters. The number of nitrogen functional groups attached to an aromatic ring is 1. The molecule has 1 amide bonds. The number of amides is 1. The van der Waals surface area contributed by atoms with Gasteiger partial charge < -0.3 is 20.7 Å². The summed E-state index contributed by atoms with van der Waals surface area (Å²) in [4.78, 5) is 41.9. The smallest absolute Gasteiger partial charge is 0.330 e. The molecule has 180 valence electrons. The Hall–Kier alpha value is -3.56. The quantitative estimate of drug-likeness (QED) is 0.359. The average molecular weight is 486 g/mol. The van der Waals surface area contributed by atoms with Crippen molar-refractivity contribution < 1.29 is 9.53 Å². The predicted molar refractivity (Wildman–Crippen MR) is 135 cm³/mol. The third-order valence-electron chi connectivity index (χ3n) is 5.25. The third kappa shape index (κ3) is 6.49. The van der Waals surface area contributed by atoms with E-state index in [1.54, 1.807) is 36.3 Å². The van der Waals surface area contributed by atoms with E-state index in [1.165, 1.54) is 4.57 Å². The summed E-state index contributed by atoms with van der Waals surface area (Å²) < 4.78 is 6.45. The van der Waals surface area contributed by atoms with E-state index in [2.05, 4.69) is 10.3 Å². The fraction of sp³-hybridized carbons (Fsp3) is 0.292. The van der Waals surface area contributed by atoms with Crippen molar-refractivity contribution in [1.82, 2.24) is 9.55 Å². The van der Waals surface area contributed by atoms with Crippen molar-refractivity contribution in [3.63, 3.8) is 0 Å². The Kier molecular flexibility index (Phi) is 8.89. The first-order valence-electron chi connectivity index (χ1n) is 10.9. The van der Waals surface area contributed by atoms with Gasteiger partial charge in [-0.15, -0.1) is 0 Å². The molecule has 0 bridgehead atoms. The van der Waals surface area contributed by atoms with Crippen molar-refractivity contribution in [3.8, 4) is 0 Å². The molecule has 4 N–H and O–H groups in total. The second kappa shape index (κ2) is 12.1. The minimum atomic E-state index is -0.601. The summed E-state index contributed by atoms with van der Waals surface area (Å²) in [6.45, 7) is 1.28. The van der Waals surface area contributed by atoms with E-state index in [0.717, 1.165) is 5.56 Å². The molecule has 9 nitrogen and oxygen atoms in total. The number of hydrogen-bond donors (Lipinski definition) is 3. The fourth-order valence-corrected chi connectivity index (χ4v) is 3.74. The highest BCUT2D eigenvalue weighted by atomic mass is 35.5. The number of rotatable bonds is 11. The molecule has 0 aliphatic carbocycles. The molecule has 1 aromatic heterocycles. The van der Waals surface area contributed by atoms with Crippen LogP contribution in [0, 0.1) is 0 Å². The van der Waals surface area contributed by atoms with Gasteiger partial charge in [0.1, 0.15) is 11.5 Å². The SMILES string of the molecule is COCCCN(CCC(=O)Nc1ccccc1Cl)c1c(N)n(Cc2ccccc2)c(=O)[nH]c1=O. The number of nitrogens with zero attached hydrogens (tertiary/aromatic N) is 2. The Bertz CT molecular complexity index is 1230. The van der Waals surface area contributed by atoms with E-state index in [-0.39, 0.29) is 36.9 Å². The molecule has 3 aromatic rings. The largest absolute Gasteiger partial charge is 0.385 e. The molecular weight excluding hydrogens is 458 g/mol. The summed E-state index contributed by atoms with van der Waals surface area (Å²) >= 11 is 6.12. The van der Waals surface area contributed by atoms with E-state index < -0.39 is 11.2 Å². The Morgan fingerprint density at radius 1 is 1.12 bits per heavy atom. The lowest BCUT2D eigenvalue weighted by molar-refractivity contribution is -0.116. The number of H-pyrrole nitrogens is 1. The first kappa shape index (κ1) is 25.1. The normalized spacial score (nSPS) is 10.8. The van der Waals surface area contributed by atoms with Crippen molar-refractivity contribution in [2.75, 3.05) is 42.8 Å². The highest BCUT2D eigenvalue weighted by Crippen LogP contribution is 2.21. The second-order valence-corrected chi connectivity index (χ2v) is 8.08. The van der Waals surface area contributed by atoms with Gasteiger partial charge in [-0.25, -0.2) is 4.79 Å². The number of aromatic nitrogens is 2.